The number of aliphatic hydroxyl groups is 3. The largest absolute Gasteiger partial charge is 0.394 e. The first-order valence-electron chi connectivity index (χ1n) is 17.7. The Hall–Kier alpha value is -0.680. The molecule has 304 valence electrons. The van der Waals surface area contributed by atoms with Crippen LogP contribution in [0.2, 0.25) is 0 Å². The van der Waals surface area contributed by atoms with E-state index in [0.717, 1.165) is 13.0 Å². The van der Waals surface area contributed by atoms with Crippen molar-refractivity contribution >= 4 is 0 Å². The smallest absolute Gasteiger partial charge is 0.0701 e. The van der Waals surface area contributed by atoms with E-state index < -0.39 is 0 Å². The molecule has 0 saturated carbocycles. The lowest BCUT2D eigenvalue weighted by Crippen LogP contribution is -2.14. The molecule has 0 radical (unpaired) electrons. The lowest BCUT2D eigenvalue weighted by atomic mass is 10.5. The zero-order valence-electron chi connectivity index (χ0n) is 30.7. The maximum absolute atomic E-state index is 8.51. The molecular formula is C33H70O17. The van der Waals surface area contributed by atoms with Crippen molar-refractivity contribution in [1.29, 1.82) is 0 Å². The van der Waals surface area contributed by atoms with Crippen molar-refractivity contribution in [2.75, 3.05) is 205 Å². The molecule has 0 spiro atoms. The SMILES string of the molecule is CCCOCCOCCOCCOCCOCCOCCOCCO.OCCOCCOCCOCCOCCOCCOCCOCCO. The van der Waals surface area contributed by atoms with Crippen molar-refractivity contribution in [3.63, 3.8) is 0 Å². The average molecular weight is 739 g/mol. The van der Waals surface area contributed by atoms with E-state index in [0.29, 0.717) is 178 Å². The Morgan fingerprint density at radius 3 is 0.440 bits per heavy atom. The molecule has 0 unspecified atom stereocenters. The van der Waals surface area contributed by atoms with Crippen molar-refractivity contribution in [1.82, 2.24) is 0 Å². The molecule has 0 aromatic heterocycles. The molecule has 0 saturated heterocycles. The Labute approximate surface area is 299 Å². The number of rotatable bonds is 44. The third-order valence-electron chi connectivity index (χ3n) is 5.52. The Morgan fingerprint density at radius 2 is 0.320 bits per heavy atom. The molecule has 0 rings (SSSR count). The molecule has 17 heteroatoms. The Balaban J connectivity index is 0. The van der Waals surface area contributed by atoms with Gasteiger partial charge in [-0.15, -0.1) is 0 Å². The van der Waals surface area contributed by atoms with Crippen LogP contribution >= 0.6 is 0 Å². The third-order valence-corrected chi connectivity index (χ3v) is 5.52. The fourth-order valence-electron chi connectivity index (χ4n) is 3.18. The molecule has 0 fully saturated rings. The molecule has 50 heavy (non-hydrogen) atoms. The number of ether oxygens (including phenoxy) is 14. The summed E-state index contributed by atoms with van der Waals surface area (Å²) >= 11 is 0. The Bertz CT molecular complexity index is 464. The van der Waals surface area contributed by atoms with Crippen LogP contribution in [0.3, 0.4) is 0 Å². The van der Waals surface area contributed by atoms with E-state index in [1.54, 1.807) is 0 Å². The fourth-order valence-corrected chi connectivity index (χ4v) is 3.18. The van der Waals surface area contributed by atoms with E-state index >= 15 is 0 Å². The van der Waals surface area contributed by atoms with Crippen molar-refractivity contribution in [3.8, 4) is 0 Å². The minimum absolute atomic E-state index is 0.0312. The molecule has 0 aromatic carbocycles. The van der Waals surface area contributed by atoms with Gasteiger partial charge in [0.2, 0.25) is 0 Å². The highest BCUT2D eigenvalue weighted by molar-refractivity contribution is 4.39. The molecule has 0 aromatic rings. The fraction of sp³-hybridized carbons (Fsp3) is 1.00. The second-order valence-electron chi connectivity index (χ2n) is 9.74. The van der Waals surface area contributed by atoms with Crippen LogP contribution in [0.25, 0.3) is 0 Å². The summed E-state index contributed by atoms with van der Waals surface area (Å²) in [6.07, 6.45) is 1.03. The first-order chi connectivity index (χ1) is 24.8. The van der Waals surface area contributed by atoms with Gasteiger partial charge >= 0.3 is 0 Å². The maximum atomic E-state index is 8.51. The third kappa shape index (κ3) is 54.1. The van der Waals surface area contributed by atoms with Crippen LogP contribution in [-0.2, 0) is 66.3 Å². The molecule has 0 amide bonds. The van der Waals surface area contributed by atoms with Crippen molar-refractivity contribution in [2.45, 2.75) is 13.3 Å². The van der Waals surface area contributed by atoms with Gasteiger partial charge in [-0.25, -0.2) is 0 Å². The van der Waals surface area contributed by atoms with Gasteiger partial charge in [0.1, 0.15) is 0 Å². The van der Waals surface area contributed by atoms with Gasteiger partial charge in [0, 0.05) is 6.61 Å². The van der Waals surface area contributed by atoms with Crippen LogP contribution in [0, 0.1) is 0 Å². The van der Waals surface area contributed by atoms with Crippen LogP contribution in [0.15, 0.2) is 0 Å². The molecule has 0 aliphatic heterocycles. The van der Waals surface area contributed by atoms with Gasteiger partial charge in [0.15, 0.2) is 0 Å². The van der Waals surface area contributed by atoms with Crippen molar-refractivity contribution in [2.24, 2.45) is 0 Å². The molecule has 0 bridgehead atoms. The van der Waals surface area contributed by atoms with Crippen LogP contribution < -0.4 is 0 Å². The van der Waals surface area contributed by atoms with E-state index in [1.165, 1.54) is 0 Å². The normalized spacial score (nSPS) is 11.3. The summed E-state index contributed by atoms with van der Waals surface area (Å²) in [5.41, 5.74) is 0. The molecule has 0 aliphatic carbocycles. The zero-order valence-corrected chi connectivity index (χ0v) is 30.7. The summed E-state index contributed by atoms with van der Waals surface area (Å²) in [5, 5.41) is 25.5. The van der Waals surface area contributed by atoms with Gasteiger partial charge in [-0.3, -0.25) is 0 Å². The Kier molecular flexibility index (Phi) is 54.2. The minimum atomic E-state index is 0.0312. The highest BCUT2D eigenvalue weighted by Gasteiger charge is 1.96. The Morgan fingerprint density at radius 1 is 0.200 bits per heavy atom. The summed E-state index contributed by atoms with van der Waals surface area (Å²) in [6.45, 7) is 16.6. The quantitative estimate of drug-likeness (QED) is 0.0684. The zero-order chi connectivity index (χ0) is 36.5. The predicted molar refractivity (Wildman–Crippen MR) is 183 cm³/mol. The topological polar surface area (TPSA) is 190 Å². The highest BCUT2D eigenvalue weighted by atomic mass is 16.6. The summed E-state index contributed by atoms with van der Waals surface area (Å²) in [6, 6.07) is 0. The van der Waals surface area contributed by atoms with Crippen LogP contribution in [0.5, 0.6) is 0 Å². The maximum Gasteiger partial charge on any atom is 0.0701 e. The van der Waals surface area contributed by atoms with Gasteiger partial charge in [-0.1, -0.05) is 6.92 Å². The van der Waals surface area contributed by atoms with E-state index in [4.69, 9.17) is 81.6 Å². The summed E-state index contributed by atoms with van der Waals surface area (Å²) in [7, 11) is 0. The van der Waals surface area contributed by atoms with E-state index in [2.05, 4.69) is 6.92 Å². The molecule has 0 aliphatic rings. The summed E-state index contributed by atoms with van der Waals surface area (Å²) in [5.74, 6) is 0. The van der Waals surface area contributed by atoms with Gasteiger partial charge in [0.25, 0.3) is 0 Å². The van der Waals surface area contributed by atoms with Gasteiger partial charge in [-0.05, 0) is 6.42 Å². The standard InChI is InChI=1S/C17H36O8.C16H34O9/c1-2-4-19-6-8-21-10-12-23-14-16-25-17-15-24-13-11-22-9-7-20-5-3-18;17-1-3-19-5-7-21-9-11-23-13-15-25-16-14-24-12-10-22-8-6-20-4-2-18/h18H,2-17H2,1H3;17-18H,1-16H2. The molecule has 3 N–H and O–H groups in total. The first kappa shape index (κ1) is 51.4. The van der Waals surface area contributed by atoms with Crippen molar-refractivity contribution in [3.05, 3.63) is 0 Å². The van der Waals surface area contributed by atoms with Crippen LogP contribution in [0.1, 0.15) is 13.3 Å². The number of hydrogen-bond donors (Lipinski definition) is 3. The second kappa shape index (κ2) is 52.7. The van der Waals surface area contributed by atoms with Gasteiger partial charge in [0.05, 0.1) is 198 Å². The lowest BCUT2D eigenvalue weighted by Gasteiger charge is -2.08. The molecular weight excluding hydrogens is 668 g/mol. The highest BCUT2D eigenvalue weighted by Crippen LogP contribution is 1.87. The van der Waals surface area contributed by atoms with Crippen LogP contribution in [-0.4, -0.2) is 220 Å². The lowest BCUT2D eigenvalue weighted by molar-refractivity contribution is -0.0223. The molecule has 17 nitrogen and oxygen atoms in total. The van der Waals surface area contributed by atoms with E-state index in [9.17, 15) is 0 Å². The van der Waals surface area contributed by atoms with Gasteiger partial charge in [-0.2, -0.15) is 0 Å². The van der Waals surface area contributed by atoms with E-state index in [-0.39, 0.29) is 19.8 Å². The minimum Gasteiger partial charge on any atom is -0.394 e. The summed E-state index contributed by atoms with van der Waals surface area (Å²) < 4.78 is 73.8. The first-order valence-corrected chi connectivity index (χ1v) is 17.7. The van der Waals surface area contributed by atoms with E-state index in [1.807, 2.05) is 0 Å². The number of hydrogen-bond acceptors (Lipinski definition) is 17. The summed E-state index contributed by atoms with van der Waals surface area (Å²) in [4.78, 5) is 0. The number of aliphatic hydroxyl groups excluding tert-OH is 3. The second-order valence-corrected chi connectivity index (χ2v) is 9.74. The average Bonchev–Trinajstić information content (AvgIpc) is 3.13. The molecule has 0 atom stereocenters. The van der Waals surface area contributed by atoms with Crippen LogP contribution in [0.4, 0.5) is 0 Å². The predicted octanol–water partition coefficient (Wildman–Crippen LogP) is -0.408. The van der Waals surface area contributed by atoms with Crippen molar-refractivity contribution < 1.29 is 81.6 Å². The van der Waals surface area contributed by atoms with Gasteiger partial charge < -0.3 is 81.6 Å². The molecule has 0 heterocycles. The monoisotopic (exact) mass is 738 g/mol.